The van der Waals surface area contributed by atoms with Gasteiger partial charge < -0.3 is 0 Å². The molecule has 0 saturated heterocycles. The van der Waals surface area contributed by atoms with Crippen LogP contribution in [0.1, 0.15) is 29.7 Å². The standard InChI is InChI=1S/C13H13N2/c1-10(12-6-4-3-5-7-12)13-8-14-9-15-11(13)2/h3-7,9-10H,1-2H3. The second kappa shape index (κ2) is 4.22. The Kier molecular flexibility index (Phi) is 2.77. The van der Waals surface area contributed by atoms with Gasteiger partial charge in [0, 0.05) is 17.2 Å². The molecule has 0 N–H and O–H groups in total. The lowest BCUT2D eigenvalue weighted by Crippen LogP contribution is -2.01. The topological polar surface area (TPSA) is 25.8 Å². The zero-order valence-electron chi connectivity index (χ0n) is 8.94. The SMILES string of the molecule is Cc1ncn[c]c1C(C)c1ccccc1. The van der Waals surface area contributed by atoms with Gasteiger partial charge in [0.15, 0.2) is 0 Å². The quantitative estimate of drug-likeness (QED) is 0.739. The summed E-state index contributed by atoms with van der Waals surface area (Å²) in [7, 11) is 0. The molecule has 2 aromatic rings. The van der Waals surface area contributed by atoms with E-state index < -0.39 is 0 Å². The average Bonchev–Trinajstić information content (AvgIpc) is 2.30. The van der Waals surface area contributed by atoms with Gasteiger partial charge in [0.25, 0.3) is 0 Å². The summed E-state index contributed by atoms with van der Waals surface area (Å²) in [6, 6.07) is 10.3. The molecular weight excluding hydrogens is 184 g/mol. The van der Waals surface area contributed by atoms with Crippen LogP contribution in [-0.2, 0) is 0 Å². The molecule has 1 aromatic carbocycles. The van der Waals surface area contributed by atoms with Gasteiger partial charge in [0.2, 0.25) is 0 Å². The van der Waals surface area contributed by atoms with Crippen molar-refractivity contribution < 1.29 is 0 Å². The summed E-state index contributed by atoms with van der Waals surface area (Å²) < 4.78 is 0. The Morgan fingerprint density at radius 1 is 1.20 bits per heavy atom. The Hall–Kier alpha value is -1.70. The fraction of sp³-hybridized carbons (Fsp3) is 0.231. The van der Waals surface area contributed by atoms with E-state index >= 15 is 0 Å². The summed E-state index contributed by atoms with van der Waals surface area (Å²) in [6.45, 7) is 4.14. The first-order chi connectivity index (χ1) is 7.29. The van der Waals surface area contributed by atoms with Gasteiger partial charge in [-0.25, -0.2) is 9.97 Å². The molecule has 15 heavy (non-hydrogen) atoms. The van der Waals surface area contributed by atoms with Crippen molar-refractivity contribution in [2.75, 3.05) is 0 Å². The van der Waals surface area contributed by atoms with Gasteiger partial charge in [-0.15, -0.1) is 0 Å². The fourth-order valence-corrected chi connectivity index (χ4v) is 1.68. The van der Waals surface area contributed by atoms with Crippen molar-refractivity contribution in [3.05, 3.63) is 59.7 Å². The van der Waals surface area contributed by atoms with Crippen molar-refractivity contribution in [1.29, 1.82) is 0 Å². The van der Waals surface area contributed by atoms with E-state index in [1.807, 2.05) is 25.1 Å². The van der Waals surface area contributed by atoms with Crippen molar-refractivity contribution in [1.82, 2.24) is 9.97 Å². The number of aromatic nitrogens is 2. The third-order valence-corrected chi connectivity index (χ3v) is 2.62. The fourth-order valence-electron chi connectivity index (χ4n) is 1.68. The lowest BCUT2D eigenvalue weighted by molar-refractivity contribution is 0.869. The first-order valence-electron chi connectivity index (χ1n) is 5.03. The highest BCUT2D eigenvalue weighted by atomic mass is 14.8. The van der Waals surface area contributed by atoms with E-state index in [1.54, 1.807) is 0 Å². The molecule has 0 aliphatic rings. The minimum absolute atomic E-state index is 0.299. The van der Waals surface area contributed by atoms with Crippen LogP contribution in [-0.4, -0.2) is 9.97 Å². The molecule has 0 fully saturated rings. The molecule has 1 atom stereocenters. The van der Waals surface area contributed by atoms with E-state index in [0.717, 1.165) is 11.3 Å². The second-order valence-corrected chi connectivity index (χ2v) is 3.62. The van der Waals surface area contributed by atoms with Crippen LogP contribution < -0.4 is 0 Å². The molecule has 0 amide bonds. The molecule has 2 rings (SSSR count). The van der Waals surface area contributed by atoms with Gasteiger partial charge >= 0.3 is 0 Å². The molecule has 0 aliphatic heterocycles. The van der Waals surface area contributed by atoms with E-state index in [9.17, 15) is 0 Å². The smallest absolute Gasteiger partial charge is 0.116 e. The molecule has 2 nitrogen and oxygen atoms in total. The summed E-state index contributed by atoms with van der Waals surface area (Å²) in [4.78, 5) is 8.14. The van der Waals surface area contributed by atoms with Crippen molar-refractivity contribution in [3.63, 3.8) is 0 Å². The molecule has 1 heterocycles. The van der Waals surface area contributed by atoms with Crippen molar-refractivity contribution in [2.45, 2.75) is 19.8 Å². The van der Waals surface area contributed by atoms with Gasteiger partial charge in [-0.2, -0.15) is 0 Å². The van der Waals surface area contributed by atoms with Crippen molar-refractivity contribution >= 4 is 0 Å². The lowest BCUT2D eigenvalue weighted by atomic mass is 9.93. The number of benzene rings is 1. The third-order valence-electron chi connectivity index (χ3n) is 2.62. The first-order valence-corrected chi connectivity index (χ1v) is 5.03. The van der Waals surface area contributed by atoms with E-state index in [-0.39, 0.29) is 0 Å². The van der Waals surface area contributed by atoms with Crippen LogP contribution in [0.4, 0.5) is 0 Å². The van der Waals surface area contributed by atoms with E-state index in [0.29, 0.717) is 5.92 Å². The summed E-state index contributed by atoms with van der Waals surface area (Å²) in [5.41, 5.74) is 3.34. The molecular formula is C13H13N2. The summed E-state index contributed by atoms with van der Waals surface area (Å²) in [5, 5.41) is 0. The molecule has 75 valence electrons. The maximum absolute atomic E-state index is 4.18. The maximum Gasteiger partial charge on any atom is 0.116 e. The Labute approximate surface area is 90.0 Å². The number of aryl methyl sites for hydroxylation is 1. The largest absolute Gasteiger partial charge is 0.241 e. The highest BCUT2D eigenvalue weighted by Gasteiger charge is 2.11. The van der Waals surface area contributed by atoms with E-state index in [4.69, 9.17) is 0 Å². The normalized spacial score (nSPS) is 12.4. The Balaban J connectivity index is 2.37. The van der Waals surface area contributed by atoms with Gasteiger partial charge in [-0.05, 0) is 12.5 Å². The van der Waals surface area contributed by atoms with E-state index in [2.05, 4.69) is 35.2 Å². The van der Waals surface area contributed by atoms with Crippen molar-refractivity contribution in [3.8, 4) is 0 Å². The number of hydrogen-bond acceptors (Lipinski definition) is 2. The van der Waals surface area contributed by atoms with Crippen LogP contribution in [0.25, 0.3) is 0 Å². The van der Waals surface area contributed by atoms with E-state index in [1.165, 1.54) is 11.9 Å². The Morgan fingerprint density at radius 3 is 2.60 bits per heavy atom. The molecule has 2 heteroatoms. The van der Waals surface area contributed by atoms with Crippen LogP contribution in [0, 0.1) is 13.1 Å². The van der Waals surface area contributed by atoms with Crippen LogP contribution in [0.3, 0.4) is 0 Å². The lowest BCUT2D eigenvalue weighted by Gasteiger charge is -2.12. The number of nitrogens with zero attached hydrogens (tertiary/aromatic N) is 2. The molecule has 1 radical (unpaired) electrons. The number of hydrogen-bond donors (Lipinski definition) is 0. The molecule has 1 unspecified atom stereocenters. The summed E-state index contributed by atoms with van der Waals surface area (Å²) >= 11 is 0. The zero-order chi connectivity index (χ0) is 10.7. The van der Waals surface area contributed by atoms with Crippen LogP contribution in [0.2, 0.25) is 0 Å². The zero-order valence-corrected chi connectivity index (χ0v) is 8.94. The third kappa shape index (κ3) is 2.04. The second-order valence-electron chi connectivity index (χ2n) is 3.62. The molecule has 0 bridgehead atoms. The molecule has 1 aromatic heterocycles. The van der Waals surface area contributed by atoms with Crippen molar-refractivity contribution in [2.24, 2.45) is 0 Å². The Morgan fingerprint density at radius 2 is 1.93 bits per heavy atom. The first kappa shape index (κ1) is 9.84. The maximum atomic E-state index is 4.18. The van der Waals surface area contributed by atoms with Crippen LogP contribution in [0.5, 0.6) is 0 Å². The predicted octanol–water partition coefficient (Wildman–Crippen LogP) is 2.74. The van der Waals surface area contributed by atoms with Crippen LogP contribution in [0.15, 0.2) is 36.7 Å². The van der Waals surface area contributed by atoms with Crippen LogP contribution >= 0.6 is 0 Å². The predicted molar refractivity (Wildman–Crippen MR) is 59.6 cm³/mol. The highest BCUT2D eigenvalue weighted by Crippen LogP contribution is 2.24. The van der Waals surface area contributed by atoms with Gasteiger partial charge in [-0.3, -0.25) is 0 Å². The minimum Gasteiger partial charge on any atom is -0.241 e. The summed E-state index contributed by atoms with van der Waals surface area (Å²) in [6.07, 6.45) is 4.56. The van der Waals surface area contributed by atoms with Gasteiger partial charge in [-0.1, -0.05) is 37.3 Å². The number of rotatable bonds is 2. The van der Waals surface area contributed by atoms with Gasteiger partial charge in [0.05, 0.1) is 6.20 Å². The molecule has 0 saturated carbocycles. The highest BCUT2D eigenvalue weighted by molar-refractivity contribution is 5.31. The molecule has 0 aliphatic carbocycles. The molecule has 0 spiro atoms. The van der Waals surface area contributed by atoms with Gasteiger partial charge in [0.1, 0.15) is 6.33 Å². The summed E-state index contributed by atoms with van der Waals surface area (Å²) in [5.74, 6) is 0.299. The monoisotopic (exact) mass is 197 g/mol. The average molecular weight is 197 g/mol. The minimum atomic E-state index is 0.299. The Bertz CT molecular complexity index is 437.